The number of benzene rings is 1. The Bertz CT molecular complexity index is 729. The molecule has 2 fully saturated rings. The summed E-state index contributed by atoms with van der Waals surface area (Å²) in [6.45, 7) is 2.21. The molecule has 0 aromatic heterocycles. The molecule has 6 nitrogen and oxygen atoms in total. The molecule has 1 aliphatic heterocycles. The number of carbonyl (C=O) groups is 2. The summed E-state index contributed by atoms with van der Waals surface area (Å²) in [5.41, 5.74) is 0.538. The molecule has 0 spiro atoms. The van der Waals surface area contributed by atoms with E-state index < -0.39 is 5.79 Å². The van der Waals surface area contributed by atoms with E-state index in [1.807, 2.05) is 18.2 Å². The van der Waals surface area contributed by atoms with Gasteiger partial charge in [-0.3, -0.25) is 4.79 Å². The molecule has 1 aromatic rings. The lowest BCUT2D eigenvalue weighted by molar-refractivity contribution is -0.218. The molecule has 0 N–H and O–H groups in total. The van der Waals surface area contributed by atoms with Crippen LogP contribution in [-0.4, -0.2) is 44.2 Å². The van der Waals surface area contributed by atoms with Crippen LogP contribution in [0, 0.1) is 11.8 Å². The number of hydrogen-bond acceptors (Lipinski definition) is 6. The Morgan fingerprint density at radius 2 is 1.78 bits per heavy atom. The van der Waals surface area contributed by atoms with Crippen LogP contribution in [-0.2, 0) is 23.7 Å². The first-order valence-corrected chi connectivity index (χ1v) is 12.1. The number of ether oxygens (including phenoxy) is 4. The Hall–Kier alpha value is -1.92. The van der Waals surface area contributed by atoms with Crippen molar-refractivity contribution in [3.63, 3.8) is 0 Å². The highest BCUT2D eigenvalue weighted by Crippen LogP contribution is 2.46. The van der Waals surface area contributed by atoms with Crippen LogP contribution in [0.15, 0.2) is 30.3 Å². The average molecular weight is 447 g/mol. The third-order valence-corrected chi connectivity index (χ3v) is 7.19. The second-order valence-electron chi connectivity index (χ2n) is 9.13. The van der Waals surface area contributed by atoms with Crippen LogP contribution in [0.3, 0.4) is 0 Å². The lowest BCUT2D eigenvalue weighted by atomic mass is 9.85. The normalized spacial score (nSPS) is 24.9. The SMILES string of the molecule is CCCCCCCC(CC[C@@H]1C2CC(=O)O[C@H]2C[C@H]1OC(=O)c1ccccc1)(OC)OC. The molecular weight excluding hydrogens is 408 g/mol. The van der Waals surface area contributed by atoms with Crippen LogP contribution in [0.4, 0.5) is 0 Å². The van der Waals surface area contributed by atoms with E-state index in [1.165, 1.54) is 19.3 Å². The first-order chi connectivity index (χ1) is 15.5. The second kappa shape index (κ2) is 11.8. The van der Waals surface area contributed by atoms with Crippen LogP contribution < -0.4 is 0 Å². The molecule has 32 heavy (non-hydrogen) atoms. The minimum absolute atomic E-state index is 0.0453. The third-order valence-electron chi connectivity index (χ3n) is 7.19. The zero-order valence-electron chi connectivity index (χ0n) is 19.7. The molecule has 1 aromatic carbocycles. The molecular formula is C26H38O6. The summed E-state index contributed by atoms with van der Waals surface area (Å²) in [5.74, 6) is -1.01. The molecule has 1 aliphatic carbocycles. The van der Waals surface area contributed by atoms with E-state index in [1.54, 1.807) is 26.4 Å². The fourth-order valence-corrected chi connectivity index (χ4v) is 5.27. The zero-order valence-corrected chi connectivity index (χ0v) is 19.7. The van der Waals surface area contributed by atoms with Gasteiger partial charge < -0.3 is 18.9 Å². The lowest BCUT2D eigenvalue weighted by Gasteiger charge is -2.33. The molecule has 178 valence electrons. The first kappa shape index (κ1) is 24.7. The summed E-state index contributed by atoms with van der Waals surface area (Å²) >= 11 is 0. The summed E-state index contributed by atoms with van der Waals surface area (Å²) in [7, 11) is 3.39. The summed E-state index contributed by atoms with van der Waals surface area (Å²) in [5, 5.41) is 0. The Labute approximate surface area is 191 Å². The van der Waals surface area contributed by atoms with Gasteiger partial charge >= 0.3 is 11.9 Å². The van der Waals surface area contributed by atoms with Crippen LogP contribution >= 0.6 is 0 Å². The van der Waals surface area contributed by atoms with Crippen LogP contribution in [0.2, 0.25) is 0 Å². The van der Waals surface area contributed by atoms with E-state index in [2.05, 4.69) is 6.92 Å². The van der Waals surface area contributed by atoms with Crippen molar-refractivity contribution >= 4 is 11.9 Å². The maximum absolute atomic E-state index is 12.7. The highest BCUT2D eigenvalue weighted by Gasteiger charge is 2.52. The average Bonchev–Trinajstić information content (AvgIpc) is 3.32. The van der Waals surface area contributed by atoms with E-state index in [0.717, 1.165) is 25.7 Å². The summed E-state index contributed by atoms with van der Waals surface area (Å²) in [6.07, 6.45) is 8.67. The zero-order chi connectivity index (χ0) is 23.0. The molecule has 6 heteroatoms. The standard InChI is InChI=1S/C26H38O6/c1-4-5-6-7-11-15-26(29-2,30-3)16-14-20-21-17-24(27)31-23(21)18-22(20)32-25(28)19-12-9-8-10-13-19/h8-10,12-13,20-23H,4-7,11,14-18H2,1-3H3/t20-,21?,22-,23+/m1/s1. The Morgan fingerprint density at radius 3 is 2.47 bits per heavy atom. The van der Waals surface area contributed by atoms with Crippen molar-refractivity contribution in [2.24, 2.45) is 11.8 Å². The maximum atomic E-state index is 12.7. The van der Waals surface area contributed by atoms with Crippen molar-refractivity contribution in [1.29, 1.82) is 0 Å². The summed E-state index contributed by atoms with van der Waals surface area (Å²) in [6, 6.07) is 9.03. The van der Waals surface area contributed by atoms with Crippen molar-refractivity contribution < 1.29 is 28.5 Å². The molecule has 0 radical (unpaired) electrons. The Kier molecular flexibility index (Phi) is 9.11. The lowest BCUT2D eigenvalue weighted by Crippen LogP contribution is -2.36. The van der Waals surface area contributed by atoms with E-state index in [9.17, 15) is 9.59 Å². The molecule has 1 saturated heterocycles. The van der Waals surface area contributed by atoms with E-state index in [0.29, 0.717) is 24.8 Å². The van der Waals surface area contributed by atoms with Gasteiger partial charge in [0.1, 0.15) is 12.2 Å². The highest BCUT2D eigenvalue weighted by molar-refractivity contribution is 5.89. The van der Waals surface area contributed by atoms with Gasteiger partial charge in [-0.25, -0.2) is 4.79 Å². The largest absolute Gasteiger partial charge is 0.462 e. The topological polar surface area (TPSA) is 71.1 Å². The van der Waals surface area contributed by atoms with Gasteiger partial charge in [0.2, 0.25) is 0 Å². The van der Waals surface area contributed by atoms with Crippen molar-refractivity contribution in [3.8, 4) is 0 Å². The van der Waals surface area contributed by atoms with E-state index in [4.69, 9.17) is 18.9 Å². The Morgan fingerprint density at radius 1 is 1.06 bits per heavy atom. The monoisotopic (exact) mass is 446 g/mol. The van der Waals surface area contributed by atoms with Gasteiger partial charge in [0.25, 0.3) is 0 Å². The van der Waals surface area contributed by atoms with Crippen LogP contribution in [0.25, 0.3) is 0 Å². The van der Waals surface area contributed by atoms with Crippen LogP contribution in [0.5, 0.6) is 0 Å². The number of rotatable bonds is 13. The number of carbonyl (C=O) groups excluding carboxylic acids is 2. The molecule has 4 atom stereocenters. The van der Waals surface area contributed by atoms with Gasteiger partial charge in [0.15, 0.2) is 5.79 Å². The molecule has 2 aliphatic rings. The van der Waals surface area contributed by atoms with Crippen molar-refractivity contribution in [1.82, 2.24) is 0 Å². The number of fused-ring (bicyclic) bond motifs is 1. The van der Waals surface area contributed by atoms with Gasteiger partial charge in [-0.1, -0.05) is 50.8 Å². The van der Waals surface area contributed by atoms with Gasteiger partial charge in [-0.05, 0) is 25.0 Å². The first-order valence-electron chi connectivity index (χ1n) is 12.1. The van der Waals surface area contributed by atoms with Gasteiger partial charge in [0, 0.05) is 45.3 Å². The molecule has 0 amide bonds. The van der Waals surface area contributed by atoms with Crippen molar-refractivity contribution in [2.45, 2.75) is 89.1 Å². The van der Waals surface area contributed by atoms with Gasteiger partial charge in [0.05, 0.1) is 12.0 Å². The summed E-state index contributed by atoms with van der Waals surface area (Å²) < 4.78 is 23.1. The molecule has 1 heterocycles. The number of unbranched alkanes of at least 4 members (excludes halogenated alkanes) is 4. The Balaban J connectivity index is 1.64. The quantitative estimate of drug-likeness (QED) is 0.233. The van der Waals surface area contributed by atoms with Crippen molar-refractivity contribution in [3.05, 3.63) is 35.9 Å². The second-order valence-corrected chi connectivity index (χ2v) is 9.13. The maximum Gasteiger partial charge on any atom is 0.338 e. The minimum Gasteiger partial charge on any atom is -0.462 e. The highest BCUT2D eigenvalue weighted by atomic mass is 16.7. The van der Waals surface area contributed by atoms with Crippen LogP contribution in [0.1, 0.15) is 81.5 Å². The number of esters is 2. The minimum atomic E-state index is -0.651. The van der Waals surface area contributed by atoms with E-state index >= 15 is 0 Å². The fourth-order valence-electron chi connectivity index (χ4n) is 5.27. The third kappa shape index (κ3) is 6.10. The van der Waals surface area contributed by atoms with Crippen molar-refractivity contribution in [2.75, 3.05) is 14.2 Å². The number of methoxy groups -OCH3 is 2. The molecule has 0 bridgehead atoms. The predicted octanol–water partition coefficient (Wildman–Crippen LogP) is 5.29. The molecule has 3 rings (SSSR count). The number of hydrogen-bond donors (Lipinski definition) is 0. The molecule has 1 saturated carbocycles. The smallest absolute Gasteiger partial charge is 0.338 e. The van der Waals surface area contributed by atoms with E-state index in [-0.39, 0.29) is 36.0 Å². The fraction of sp³-hybridized carbons (Fsp3) is 0.692. The molecule has 1 unspecified atom stereocenters. The predicted molar refractivity (Wildman–Crippen MR) is 121 cm³/mol. The summed E-state index contributed by atoms with van der Waals surface area (Å²) in [4.78, 5) is 24.6. The van der Waals surface area contributed by atoms with Gasteiger partial charge in [-0.15, -0.1) is 0 Å². The van der Waals surface area contributed by atoms with Gasteiger partial charge in [-0.2, -0.15) is 0 Å².